The van der Waals surface area contributed by atoms with E-state index < -0.39 is 0 Å². The van der Waals surface area contributed by atoms with Crippen LogP contribution in [0.5, 0.6) is 0 Å². The molecule has 0 spiro atoms. The maximum Gasteiger partial charge on any atom is 0.315 e. The summed E-state index contributed by atoms with van der Waals surface area (Å²) >= 11 is 5.94. The summed E-state index contributed by atoms with van der Waals surface area (Å²) in [4.78, 5) is 11.8. The Hall–Kier alpha value is -1.94. The molecule has 20 heavy (non-hydrogen) atoms. The van der Waals surface area contributed by atoms with Crippen molar-refractivity contribution in [2.45, 2.75) is 19.5 Å². The molecule has 2 rings (SSSR count). The number of hydrogen-bond donors (Lipinski definition) is 2. The van der Waals surface area contributed by atoms with Gasteiger partial charge in [0.2, 0.25) is 0 Å². The molecule has 0 aliphatic heterocycles. The van der Waals surface area contributed by atoms with Gasteiger partial charge in [0.05, 0.1) is 6.04 Å². The Balaban J connectivity index is 1.85. The van der Waals surface area contributed by atoms with Crippen molar-refractivity contribution in [1.29, 1.82) is 0 Å². The van der Waals surface area contributed by atoms with Gasteiger partial charge < -0.3 is 15.2 Å². The van der Waals surface area contributed by atoms with Crippen LogP contribution in [0.4, 0.5) is 4.79 Å². The lowest BCUT2D eigenvalue weighted by Gasteiger charge is -2.15. The predicted octanol–water partition coefficient (Wildman–Crippen LogP) is 3.24. The number of carbonyl (C=O) groups excluding carboxylic acids is 1. The second-order valence-electron chi connectivity index (χ2n) is 4.79. The highest BCUT2D eigenvalue weighted by Gasteiger charge is 2.09. The van der Waals surface area contributed by atoms with E-state index in [0.717, 1.165) is 11.1 Å². The Bertz CT molecular complexity index is 594. The zero-order valence-electron chi connectivity index (χ0n) is 11.6. The SMILES string of the molecule is CC(NC(=O)NCc1ccn(C)c1)c1cccc(Cl)c1. The lowest BCUT2D eigenvalue weighted by atomic mass is 10.1. The summed E-state index contributed by atoms with van der Waals surface area (Å²) in [5.74, 6) is 0. The number of carbonyl (C=O) groups is 1. The highest BCUT2D eigenvalue weighted by atomic mass is 35.5. The van der Waals surface area contributed by atoms with Gasteiger partial charge in [-0.2, -0.15) is 0 Å². The Morgan fingerprint density at radius 2 is 2.20 bits per heavy atom. The van der Waals surface area contributed by atoms with E-state index in [1.54, 1.807) is 0 Å². The highest BCUT2D eigenvalue weighted by Crippen LogP contribution is 2.17. The van der Waals surface area contributed by atoms with Crippen LogP contribution in [0, 0.1) is 0 Å². The Kier molecular flexibility index (Phi) is 4.69. The van der Waals surface area contributed by atoms with Crippen LogP contribution < -0.4 is 10.6 Å². The van der Waals surface area contributed by atoms with Crippen molar-refractivity contribution < 1.29 is 4.79 Å². The summed E-state index contributed by atoms with van der Waals surface area (Å²) in [7, 11) is 1.95. The van der Waals surface area contributed by atoms with Gasteiger partial charge in [-0.05, 0) is 36.2 Å². The first kappa shape index (κ1) is 14.5. The van der Waals surface area contributed by atoms with Crippen LogP contribution in [0.15, 0.2) is 42.7 Å². The lowest BCUT2D eigenvalue weighted by molar-refractivity contribution is 0.237. The first-order valence-electron chi connectivity index (χ1n) is 6.45. The van der Waals surface area contributed by atoms with E-state index >= 15 is 0 Å². The van der Waals surface area contributed by atoms with Crippen LogP contribution in [0.3, 0.4) is 0 Å². The van der Waals surface area contributed by atoms with Gasteiger partial charge in [-0.1, -0.05) is 23.7 Å². The van der Waals surface area contributed by atoms with Crippen LogP contribution in [-0.2, 0) is 13.6 Å². The number of nitrogens with one attached hydrogen (secondary N) is 2. The quantitative estimate of drug-likeness (QED) is 0.892. The fourth-order valence-electron chi connectivity index (χ4n) is 1.95. The highest BCUT2D eigenvalue weighted by molar-refractivity contribution is 6.30. The van der Waals surface area contributed by atoms with Gasteiger partial charge in [0.15, 0.2) is 0 Å². The maximum atomic E-state index is 11.8. The van der Waals surface area contributed by atoms with Crippen LogP contribution in [0.2, 0.25) is 5.02 Å². The maximum absolute atomic E-state index is 11.8. The molecule has 0 radical (unpaired) electrons. The first-order valence-corrected chi connectivity index (χ1v) is 6.83. The summed E-state index contributed by atoms with van der Waals surface area (Å²) in [6.07, 6.45) is 3.92. The molecule has 0 aliphatic carbocycles. The fourth-order valence-corrected chi connectivity index (χ4v) is 2.15. The van der Waals surface area contributed by atoms with E-state index in [1.165, 1.54) is 0 Å². The molecule has 1 atom stereocenters. The minimum absolute atomic E-state index is 0.0931. The molecule has 0 aliphatic rings. The van der Waals surface area contributed by atoms with Gasteiger partial charge in [-0.3, -0.25) is 0 Å². The molecular formula is C15H18ClN3O. The molecule has 1 heterocycles. The van der Waals surface area contributed by atoms with Gasteiger partial charge in [0.25, 0.3) is 0 Å². The molecule has 1 aromatic carbocycles. The molecule has 2 amide bonds. The molecule has 1 aromatic heterocycles. The van der Waals surface area contributed by atoms with Crippen molar-refractivity contribution in [2.24, 2.45) is 7.05 Å². The zero-order chi connectivity index (χ0) is 14.5. The molecule has 0 bridgehead atoms. The smallest absolute Gasteiger partial charge is 0.315 e. The van der Waals surface area contributed by atoms with Gasteiger partial charge in [-0.15, -0.1) is 0 Å². The monoisotopic (exact) mass is 291 g/mol. The summed E-state index contributed by atoms with van der Waals surface area (Å²) in [6, 6.07) is 9.16. The van der Waals surface area contributed by atoms with E-state index in [-0.39, 0.29) is 12.1 Å². The van der Waals surface area contributed by atoms with Crippen molar-refractivity contribution in [2.75, 3.05) is 0 Å². The number of rotatable bonds is 4. The molecule has 106 valence electrons. The predicted molar refractivity (Wildman–Crippen MR) is 80.7 cm³/mol. The number of aryl methyl sites for hydroxylation is 1. The minimum atomic E-state index is -0.193. The number of aromatic nitrogens is 1. The summed E-state index contributed by atoms with van der Waals surface area (Å²) < 4.78 is 1.95. The normalized spacial score (nSPS) is 11.9. The lowest BCUT2D eigenvalue weighted by Crippen LogP contribution is -2.36. The Labute approximate surface area is 123 Å². The van der Waals surface area contributed by atoms with Gasteiger partial charge in [0, 0.05) is 31.0 Å². The first-order chi connectivity index (χ1) is 9.54. The molecular weight excluding hydrogens is 274 g/mol. The Morgan fingerprint density at radius 1 is 1.40 bits per heavy atom. The van der Waals surface area contributed by atoms with Crippen molar-refractivity contribution in [3.8, 4) is 0 Å². The van der Waals surface area contributed by atoms with Crippen LogP contribution in [0.1, 0.15) is 24.1 Å². The second kappa shape index (κ2) is 6.48. The third kappa shape index (κ3) is 4.03. The number of nitrogens with zero attached hydrogens (tertiary/aromatic N) is 1. The van der Waals surface area contributed by atoms with Crippen LogP contribution >= 0.6 is 11.6 Å². The van der Waals surface area contributed by atoms with Gasteiger partial charge in [0.1, 0.15) is 0 Å². The van der Waals surface area contributed by atoms with E-state index in [0.29, 0.717) is 11.6 Å². The summed E-state index contributed by atoms with van der Waals surface area (Å²) in [6.45, 7) is 2.43. The molecule has 4 nitrogen and oxygen atoms in total. The average molecular weight is 292 g/mol. The summed E-state index contributed by atoms with van der Waals surface area (Å²) in [5, 5.41) is 6.38. The molecule has 2 aromatic rings. The molecule has 0 saturated heterocycles. The molecule has 1 unspecified atom stereocenters. The Morgan fingerprint density at radius 3 is 2.85 bits per heavy atom. The molecule has 0 saturated carbocycles. The van der Waals surface area contributed by atoms with E-state index in [1.807, 2.05) is 61.3 Å². The topological polar surface area (TPSA) is 46.1 Å². The zero-order valence-corrected chi connectivity index (χ0v) is 12.3. The van der Waals surface area contributed by atoms with E-state index in [2.05, 4.69) is 10.6 Å². The van der Waals surface area contributed by atoms with Gasteiger partial charge >= 0.3 is 6.03 Å². The largest absolute Gasteiger partial charge is 0.357 e. The van der Waals surface area contributed by atoms with Crippen molar-refractivity contribution in [1.82, 2.24) is 15.2 Å². The molecule has 2 N–H and O–H groups in total. The van der Waals surface area contributed by atoms with Crippen LogP contribution in [0.25, 0.3) is 0 Å². The van der Waals surface area contributed by atoms with E-state index in [9.17, 15) is 4.79 Å². The third-order valence-corrected chi connectivity index (χ3v) is 3.28. The van der Waals surface area contributed by atoms with Crippen LogP contribution in [-0.4, -0.2) is 10.6 Å². The summed E-state index contributed by atoms with van der Waals surface area (Å²) in [5.41, 5.74) is 2.05. The molecule has 5 heteroatoms. The second-order valence-corrected chi connectivity index (χ2v) is 5.23. The number of halogens is 1. The fraction of sp³-hybridized carbons (Fsp3) is 0.267. The minimum Gasteiger partial charge on any atom is -0.357 e. The van der Waals surface area contributed by atoms with Crippen molar-refractivity contribution in [3.63, 3.8) is 0 Å². The standard InChI is InChI=1S/C15H18ClN3O/c1-11(13-4-3-5-14(16)8-13)18-15(20)17-9-12-6-7-19(2)10-12/h3-8,10-11H,9H2,1-2H3,(H2,17,18,20). The average Bonchev–Trinajstić information content (AvgIpc) is 2.82. The third-order valence-electron chi connectivity index (χ3n) is 3.04. The van der Waals surface area contributed by atoms with Crippen molar-refractivity contribution in [3.05, 3.63) is 58.9 Å². The number of hydrogen-bond acceptors (Lipinski definition) is 1. The number of amides is 2. The molecule has 0 fully saturated rings. The van der Waals surface area contributed by atoms with E-state index in [4.69, 9.17) is 11.6 Å². The van der Waals surface area contributed by atoms with Gasteiger partial charge in [-0.25, -0.2) is 4.79 Å². The number of benzene rings is 1. The number of urea groups is 1. The van der Waals surface area contributed by atoms with Crippen molar-refractivity contribution >= 4 is 17.6 Å².